The van der Waals surface area contributed by atoms with Crippen LogP contribution in [0.3, 0.4) is 0 Å². The van der Waals surface area contributed by atoms with Gasteiger partial charge < -0.3 is 5.32 Å². The number of nitrogens with zero attached hydrogens (tertiary/aromatic N) is 1. The van der Waals surface area contributed by atoms with E-state index in [2.05, 4.69) is 5.32 Å². The Morgan fingerprint density at radius 3 is 2.57 bits per heavy atom. The zero-order chi connectivity index (χ0) is 15.5. The first-order valence-corrected chi connectivity index (χ1v) is 9.03. The van der Waals surface area contributed by atoms with Crippen LogP contribution >= 0.6 is 0 Å². The molecule has 1 fully saturated rings. The molecule has 116 valence electrons. The summed E-state index contributed by atoms with van der Waals surface area (Å²) >= 11 is 0. The summed E-state index contributed by atoms with van der Waals surface area (Å²) in [5.41, 5.74) is 2.18. The summed E-state index contributed by atoms with van der Waals surface area (Å²) in [6, 6.07) is 7.34. The number of sulfonamides is 1. The van der Waals surface area contributed by atoms with Gasteiger partial charge >= 0.3 is 0 Å². The van der Waals surface area contributed by atoms with E-state index in [0.29, 0.717) is 19.5 Å². The van der Waals surface area contributed by atoms with E-state index in [0.717, 1.165) is 18.4 Å². The van der Waals surface area contributed by atoms with Gasteiger partial charge in [0.05, 0.1) is 6.26 Å². The van der Waals surface area contributed by atoms with Crippen molar-refractivity contribution >= 4 is 15.9 Å². The third-order valence-electron chi connectivity index (χ3n) is 3.77. The van der Waals surface area contributed by atoms with Crippen molar-refractivity contribution in [2.75, 3.05) is 12.8 Å². The van der Waals surface area contributed by atoms with Crippen LogP contribution in [0.5, 0.6) is 0 Å². The molecule has 1 N–H and O–H groups in total. The molecule has 0 spiro atoms. The number of benzene rings is 1. The first-order chi connectivity index (χ1) is 9.88. The van der Waals surface area contributed by atoms with Gasteiger partial charge in [-0.1, -0.05) is 36.2 Å². The molecule has 21 heavy (non-hydrogen) atoms. The molecule has 0 bridgehead atoms. The summed E-state index contributed by atoms with van der Waals surface area (Å²) in [6.45, 7) is 2.86. The lowest BCUT2D eigenvalue weighted by molar-refractivity contribution is -0.125. The Balaban J connectivity index is 1.99. The Labute approximate surface area is 126 Å². The van der Waals surface area contributed by atoms with Gasteiger partial charge in [-0.05, 0) is 25.3 Å². The average Bonchev–Trinajstić information content (AvgIpc) is 2.45. The minimum Gasteiger partial charge on any atom is -0.351 e. The number of amides is 1. The van der Waals surface area contributed by atoms with Crippen LogP contribution in [-0.4, -0.2) is 37.5 Å². The molecular weight excluding hydrogens is 288 g/mol. The van der Waals surface area contributed by atoms with Gasteiger partial charge in [-0.15, -0.1) is 0 Å². The smallest absolute Gasteiger partial charge is 0.238 e. The van der Waals surface area contributed by atoms with Gasteiger partial charge in [0.25, 0.3) is 0 Å². The minimum absolute atomic E-state index is 0.208. The zero-order valence-electron chi connectivity index (χ0n) is 12.5. The molecule has 1 atom stereocenters. The quantitative estimate of drug-likeness (QED) is 0.915. The largest absolute Gasteiger partial charge is 0.351 e. The average molecular weight is 310 g/mol. The first kappa shape index (κ1) is 16.0. The summed E-state index contributed by atoms with van der Waals surface area (Å²) in [4.78, 5) is 12.3. The Hall–Kier alpha value is -1.40. The van der Waals surface area contributed by atoms with E-state index in [1.165, 1.54) is 16.1 Å². The normalized spacial score (nSPS) is 20.2. The molecule has 1 aromatic carbocycles. The highest BCUT2D eigenvalue weighted by atomic mass is 32.2. The lowest BCUT2D eigenvalue weighted by Gasteiger charge is -2.32. The van der Waals surface area contributed by atoms with Gasteiger partial charge in [0, 0.05) is 13.1 Å². The topological polar surface area (TPSA) is 66.5 Å². The van der Waals surface area contributed by atoms with E-state index in [-0.39, 0.29) is 5.91 Å². The second kappa shape index (κ2) is 6.58. The van der Waals surface area contributed by atoms with Crippen molar-refractivity contribution in [2.24, 2.45) is 0 Å². The summed E-state index contributed by atoms with van der Waals surface area (Å²) in [6.07, 6.45) is 3.45. The number of nitrogens with one attached hydrogen (secondary N) is 1. The van der Waals surface area contributed by atoms with Gasteiger partial charge in [0.1, 0.15) is 6.04 Å². The van der Waals surface area contributed by atoms with Crippen LogP contribution in [0.25, 0.3) is 0 Å². The number of hydrogen-bond donors (Lipinski definition) is 1. The third kappa shape index (κ3) is 4.28. The Bertz CT molecular complexity index is 596. The fourth-order valence-corrected chi connectivity index (χ4v) is 3.70. The van der Waals surface area contributed by atoms with Crippen LogP contribution in [0.2, 0.25) is 0 Å². The molecule has 5 nitrogen and oxygen atoms in total. The maximum atomic E-state index is 12.3. The molecule has 0 radical (unpaired) electrons. The van der Waals surface area contributed by atoms with Crippen molar-refractivity contribution in [1.29, 1.82) is 0 Å². The fourth-order valence-electron chi connectivity index (χ4n) is 2.58. The highest BCUT2D eigenvalue weighted by Crippen LogP contribution is 2.20. The number of carbonyl (C=O) groups excluding carboxylic acids is 1. The maximum Gasteiger partial charge on any atom is 0.238 e. The molecule has 1 heterocycles. The van der Waals surface area contributed by atoms with E-state index in [1.54, 1.807) is 0 Å². The SMILES string of the molecule is Cc1ccc(CNC(=O)C2CCCCN2S(C)(=O)=O)cc1. The molecule has 0 aliphatic carbocycles. The maximum absolute atomic E-state index is 12.3. The van der Waals surface area contributed by atoms with Crippen LogP contribution in [0.4, 0.5) is 0 Å². The van der Waals surface area contributed by atoms with Crippen LogP contribution in [0.1, 0.15) is 30.4 Å². The zero-order valence-corrected chi connectivity index (χ0v) is 13.3. The summed E-state index contributed by atoms with van der Waals surface area (Å²) in [5, 5.41) is 2.85. The number of piperidine rings is 1. The van der Waals surface area contributed by atoms with Crippen molar-refractivity contribution in [3.63, 3.8) is 0 Å². The van der Waals surface area contributed by atoms with Gasteiger partial charge in [-0.2, -0.15) is 4.31 Å². The molecule has 0 saturated carbocycles. The summed E-state index contributed by atoms with van der Waals surface area (Å²) in [5.74, 6) is -0.208. The number of rotatable bonds is 4. The molecular formula is C15H22N2O3S. The van der Waals surface area contributed by atoms with E-state index < -0.39 is 16.1 Å². The molecule has 1 saturated heterocycles. The minimum atomic E-state index is -3.34. The van der Waals surface area contributed by atoms with Crippen molar-refractivity contribution in [3.8, 4) is 0 Å². The van der Waals surface area contributed by atoms with Crippen molar-refractivity contribution in [2.45, 2.75) is 38.8 Å². The number of aryl methyl sites for hydroxylation is 1. The highest BCUT2D eigenvalue weighted by molar-refractivity contribution is 7.88. The van der Waals surface area contributed by atoms with Gasteiger partial charge in [-0.3, -0.25) is 4.79 Å². The van der Waals surface area contributed by atoms with Gasteiger partial charge in [-0.25, -0.2) is 8.42 Å². The first-order valence-electron chi connectivity index (χ1n) is 7.18. The second-order valence-electron chi connectivity index (χ2n) is 5.59. The Morgan fingerprint density at radius 2 is 1.95 bits per heavy atom. The molecule has 2 rings (SSSR count). The Morgan fingerprint density at radius 1 is 1.29 bits per heavy atom. The van der Waals surface area contributed by atoms with E-state index in [4.69, 9.17) is 0 Å². The molecule has 0 aromatic heterocycles. The third-order valence-corrected chi connectivity index (χ3v) is 5.06. The van der Waals surface area contributed by atoms with E-state index >= 15 is 0 Å². The lowest BCUT2D eigenvalue weighted by atomic mass is 10.0. The molecule has 1 aliphatic rings. The Kier molecular flexibility index (Phi) is 5.00. The second-order valence-corrected chi connectivity index (χ2v) is 7.52. The molecule has 1 aromatic rings. The predicted octanol–water partition coefficient (Wildman–Crippen LogP) is 1.43. The molecule has 1 aliphatic heterocycles. The molecule has 1 amide bonds. The standard InChI is InChI=1S/C15H22N2O3S/c1-12-6-8-13(9-7-12)11-16-15(18)14-5-3-4-10-17(14)21(2,19)20/h6-9,14H,3-5,10-11H2,1-2H3,(H,16,18). The van der Waals surface area contributed by atoms with E-state index in [1.807, 2.05) is 31.2 Å². The van der Waals surface area contributed by atoms with E-state index in [9.17, 15) is 13.2 Å². The van der Waals surface area contributed by atoms with Gasteiger partial charge in [0.15, 0.2) is 0 Å². The highest BCUT2D eigenvalue weighted by Gasteiger charge is 2.34. The summed E-state index contributed by atoms with van der Waals surface area (Å²) < 4.78 is 24.8. The van der Waals surface area contributed by atoms with Crippen LogP contribution in [0, 0.1) is 6.92 Å². The lowest BCUT2D eigenvalue weighted by Crippen LogP contribution is -2.51. The predicted molar refractivity (Wildman–Crippen MR) is 82.2 cm³/mol. The number of hydrogen-bond acceptors (Lipinski definition) is 3. The van der Waals surface area contributed by atoms with Crippen LogP contribution in [-0.2, 0) is 21.4 Å². The van der Waals surface area contributed by atoms with Crippen molar-refractivity contribution < 1.29 is 13.2 Å². The fraction of sp³-hybridized carbons (Fsp3) is 0.533. The number of carbonyl (C=O) groups is 1. The molecule has 1 unspecified atom stereocenters. The van der Waals surface area contributed by atoms with Crippen LogP contribution < -0.4 is 5.32 Å². The van der Waals surface area contributed by atoms with Crippen molar-refractivity contribution in [1.82, 2.24) is 9.62 Å². The van der Waals surface area contributed by atoms with Crippen molar-refractivity contribution in [3.05, 3.63) is 35.4 Å². The molecule has 6 heteroatoms. The van der Waals surface area contributed by atoms with Crippen LogP contribution in [0.15, 0.2) is 24.3 Å². The summed E-state index contributed by atoms with van der Waals surface area (Å²) in [7, 11) is -3.34. The van der Waals surface area contributed by atoms with Gasteiger partial charge in [0.2, 0.25) is 15.9 Å². The monoisotopic (exact) mass is 310 g/mol.